The number of rotatable bonds is 4. The maximum Gasteiger partial charge on any atom is 0.490 e. The molecule has 3 N–H and O–H groups in total. The smallest absolute Gasteiger partial charge is 0.477 e. The zero-order chi connectivity index (χ0) is 28.8. The summed E-state index contributed by atoms with van der Waals surface area (Å²) in [6.07, 6.45) is 1.69. The van der Waals surface area contributed by atoms with E-state index < -0.39 is 23.7 Å². The maximum atomic E-state index is 13.4. The molecule has 1 aliphatic heterocycles. The Morgan fingerprint density at radius 1 is 1.13 bits per heavy atom. The molecule has 5 rings (SSSR count). The van der Waals surface area contributed by atoms with E-state index in [-0.39, 0.29) is 22.0 Å². The highest BCUT2D eigenvalue weighted by Gasteiger charge is 2.51. The van der Waals surface area contributed by atoms with Crippen LogP contribution in [-0.4, -0.2) is 43.0 Å². The lowest BCUT2D eigenvalue weighted by molar-refractivity contribution is -0.192. The van der Waals surface area contributed by atoms with Crippen molar-refractivity contribution in [2.45, 2.75) is 51.4 Å². The number of imidazole rings is 1. The van der Waals surface area contributed by atoms with Crippen molar-refractivity contribution in [3.63, 3.8) is 0 Å². The van der Waals surface area contributed by atoms with Gasteiger partial charge in [-0.2, -0.15) is 13.2 Å². The molecule has 208 valence electrons. The minimum atomic E-state index is -5.08. The number of fused-ring (bicyclic) bond motifs is 2. The van der Waals surface area contributed by atoms with Crippen LogP contribution in [0.3, 0.4) is 0 Å². The van der Waals surface area contributed by atoms with Gasteiger partial charge in [-0.1, -0.05) is 12.5 Å². The van der Waals surface area contributed by atoms with E-state index in [0.717, 1.165) is 47.6 Å². The highest BCUT2D eigenvalue weighted by Crippen LogP contribution is 2.56. The van der Waals surface area contributed by atoms with Crippen LogP contribution < -0.4 is 0 Å². The van der Waals surface area contributed by atoms with Crippen molar-refractivity contribution in [1.82, 2.24) is 9.55 Å². The van der Waals surface area contributed by atoms with Crippen LogP contribution in [0.4, 0.5) is 17.6 Å². The molecule has 39 heavy (non-hydrogen) atoms. The van der Waals surface area contributed by atoms with Crippen molar-refractivity contribution >= 4 is 29.4 Å². The third-order valence-electron chi connectivity index (χ3n) is 7.48. The van der Waals surface area contributed by atoms with E-state index in [1.54, 1.807) is 24.3 Å². The second kappa shape index (κ2) is 10.2. The lowest BCUT2D eigenvalue weighted by Gasteiger charge is -2.51. The van der Waals surface area contributed by atoms with Gasteiger partial charge in [0.1, 0.15) is 10.7 Å². The van der Waals surface area contributed by atoms with Crippen LogP contribution in [0.1, 0.15) is 53.4 Å². The van der Waals surface area contributed by atoms with Gasteiger partial charge >= 0.3 is 18.1 Å². The number of halogens is 4. The predicted octanol–water partition coefficient (Wildman–Crippen LogP) is 6.19. The van der Waals surface area contributed by atoms with E-state index in [9.17, 15) is 32.6 Å². The number of hydrogen-bond donors (Lipinski definition) is 3. The Morgan fingerprint density at radius 2 is 1.77 bits per heavy atom. The topological polar surface area (TPSA) is 113 Å². The van der Waals surface area contributed by atoms with Crippen LogP contribution in [0.15, 0.2) is 48.3 Å². The molecule has 1 aromatic carbocycles. The molecule has 12 heteroatoms. The first-order chi connectivity index (χ1) is 18.1. The van der Waals surface area contributed by atoms with Gasteiger partial charge in [0.05, 0.1) is 23.3 Å². The van der Waals surface area contributed by atoms with Crippen LogP contribution in [0.25, 0.3) is 17.3 Å². The average molecular weight is 567 g/mol. The molecule has 2 aliphatic rings. The molecule has 0 amide bonds. The number of aromatic carboxylic acids is 1. The quantitative estimate of drug-likeness (QED) is 0.325. The maximum absolute atomic E-state index is 13.4. The van der Waals surface area contributed by atoms with Gasteiger partial charge in [-0.3, -0.25) is 0 Å². The minimum absolute atomic E-state index is 0.0693. The van der Waals surface area contributed by atoms with E-state index in [2.05, 4.69) is 22.6 Å². The Kier molecular flexibility index (Phi) is 7.48. The van der Waals surface area contributed by atoms with Crippen molar-refractivity contribution in [1.29, 1.82) is 0 Å². The van der Waals surface area contributed by atoms with Gasteiger partial charge in [-0.15, -0.1) is 11.3 Å². The number of thiophene rings is 1. The standard InChI is InChI=1S/C25H25FN2O3S.C2HF3O2/c1-24-13-28-14-27-22(15-6-8-17(26)9-7-15)18(28)12-16(24)4-3-5-20(24)25(2,31)21-11-10-19(32-21)23(29)30;3-2(4,5)1(6)7/h6-12,14,20,31H,3-5,13H2,1-2H3,(H,29,30);(H,6,7)/t20-,24-,25+;/m0./s1. The summed E-state index contributed by atoms with van der Waals surface area (Å²) in [5.41, 5.74) is 2.56. The predicted molar refractivity (Wildman–Crippen MR) is 136 cm³/mol. The second-order valence-corrected chi connectivity index (χ2v) is 11.1. The first-order valence-electron chi connectivity index (χ1n) is 12.0. The van der Waals surface area contributed by atoms with Crippen molar-refractivity contribution < 1.29 is 42.5 Å². The van der Waals surface area contributed by atoms with Crippen LogP contribution in [0.5, 0.6) is 0 Å². The Labute approximate surface area is 225 Å². The van der Waals surface area contributed by atoms with Crippen LogP contribution >= 0.6 is 11.3 Å². The zero-order valence-electron chi connectivity index (χ0n) is 21.0. The van der Waals surface area contributed by atoms with Gasteiger partial charge < -0.3 is 19.9 Å². The van der Waals surface area contributed by atoms with E-state index in [4.69, 9.17) is 9.90 Å². The molecule has 3 aromatic rings. The third kappa shape index (κ3) is 5.48. The van der Waals surface area contributed by atoms with Crippen molar-refractivity contribution in [3.05, 3.63) is 69.6 Å². The van der Waals surface area contributed by atoms with Gasteiger partial charge in [-0.25, -0.2) is 19.0 Å². The summed E-state index contributed by atoms with van der Waals surface area (Å²) in [5, 5.41) is 28.1. The van der Waals surface area contributed by atoms with E-state index >= 15 is 0 Å². The Balaban J connectivity index is 0.000000448. The SMILES string of the molecule is C[C@]12Cn3cnc(-c4ccc(F)cc4)c3C=C1CCC[C@@H]2[C@@](C)(O)c1ccc(C(=O)O)s1.O=C(O)C(F)(F)F. The summed E-state index contributed by atoms with van der Waals surface area (Å²) in [6.45, 7) is 4.69. The monoisotopic (exact) mass is 566 g/mol. The number of carboxylic acids is 2. The molecule has 3 atom stereocenters. The molecule has 3 heterocycles. The summed E-state index contributed by atoms with van der Waals surface area (Å²) in [4.78, 5) is 25.8. The average Bonchev–Trinajstić information content (AvgIpc) is 3.50. The first-order valence-corrected chi connectivity index (χ1v) is 12.8. The molecular weight excluding hydrogens is 540 g/mol. The summed E-state index contributed by atoms with van der Waals surface area (Å²) >= 11 is 1.15. The third-order valence-corrected chi connectivity index (χ3v) is 8.78. The lowest BCUT2D eigenvalue weighted by Crippen LogP contribution is -2.48. The van der Waals surface area contributed by atoms with Crippen LogP contribution in [0.2, 0.25) is 0 Å². The fraction of sp³-hybridized carbons (Fsp3) is 0.370. The number of hydrogen-bond acceptors (Lipinski definition) is 5. The summed E-state index contributed by atoms with van der Waals surface area (Å²) in [7, 11) is 0. The van der Waals surface area contributed by atoms with Gasteiger partial charge in [0.15, 0.2) is 0 Å². The Morgan fingerprint density at radius 3 is 2.33 bits per heavy atom. The number of aromatic nitrogens is 2. The second-order valence-electron chi connectivity index (χ2n) is 10.1. The number of nitrogens with zero attached hydrogens (tertiary/aromatic N) is 2. The molecular formula is C27H26F4N2O5S. The van der Waals surface area contributed by atoms with Gasteiger partial charge in [-0.05, 0) is 68.7 Å². The summed E-state index contributed by atoms with van der Waals surface area (Å²) in [5.74, 6) is -4.07. The summed E-state index contributed by atoms with van der Waals surface area (Å²) in [6, 6.07) is 9.70. The number of allylic oxidation sites excluding steroid dienone is 1. The van der Waals surface area contributed by atoms with Gasteiger partial charge in [0, 0.05) is 28.3 Å². The molecule has 0 spiro atoms. The highest BCUT2D eigenvalue weighted by molar-refractivity contribution is 7.14. The van der Waals surface area contributed by atoms with Crippen LogP contribution in [0, 0.1) is 17.2 Å². The fourth-order valence-electron chi connectivity index (χ4n) is 5.59. The molecule has 0 bridgehead atoms. The Bertz CT molecular complexity index is 1420. The molecule has 0 radical (unpaired) electrons. The molecule has 2 aromatic heterocycles. The Hall–Kier alpha value is -3.51. The molecule has 1 aliphatic carbocycles. The van der Waals surface area contributed by atoms with E-state index in [1.807, 2.05) is 13.3 Å². The minimum Gasteiger partial charge on any atom is -0.477 e. The van der Waals surface area contributed by atoms with Crippen molar-refractivity contribution in [2.75, 3.05) is 0 Å². The molecule has 1 saturated carbocycles. The molecule has 0 unspecified atom stereocenters. The number of benzene rings is 1. The number of aliphatic hydroxyl groups is 1. The zero-order valence-corrected chi connectivity index (χ0v) is 21.8. The van der Waals surface area contributed by atoms with Crippen LogP contribution in [-0.2, 0) is 16.9 Å². The number of carboxylic acid groups (broad SMARTS) is 2. The van der Waals surface area contributed by atoms with Crippen molar-refractivity contribution in [2.24, 2.45) is 11.3 Å². The van der Waals surface area contributed by atoms with E-state index in [1.165, 1.54) is 17.7 Å². The number of alkyl halides is 3. The largest absolute Gasteiger partial charge is 0.490 e. The van der Waals surface area contributed by atoms with Crippen molar-refractivity contribution in [3.8, 4) is 11.3 Å². The lowest BCUT2D eigenvalue weighted by atomic mass is 9.58. The normalized spacial score (nSPS) is 21.9. The number of aliphatic carboxylic acids is 1. The highest BCUT2D eigenvalue weighted by atomic mass is 32.1. The molecule has 7 nitrogen and oxygen atoms in total. The van der Waals surface area contributed by atoms with Gasteiger partial charge in [0.25, 0.3) is 0 Å². The van der Waals surface area contributed by atoms with E-state index in [0.29, 0.717) is 11.4 Å². The molecule has 1 fully saturated rings. The molecule has 0 saturated heterocycles. The summed E-state index contributed by atoms with van der Waals surface area (Å²) < 4.78 is 47.2. The first kappa shape index (κ1) is 28.5. The number of carbonyl (C=O) groups is 2. The van der Waals surface area contributed by atoms with Gasteiger partial charge in [0.2, 0.25) is 0 Å². The fourth-order valence-corrected chi connectivity index (χ4v) is 6.53.